The topological polar surface area (TPSA) is 46.3 Å². The van der Waals surface area contributed by atoms with E-state index in [1.165, 1.54) is 11.3 Å². The number of carbonyl (C=O) groups excluding carboxylic acids is 1. The van der Waals surface area contributed by atoms with Gasteiger partial charge in [-0.25, -0.2) is 4.98 Å². The smallest absolute Gasteiger partial charge is 0.261 e. The molecular weight excluding hydrogens is 444 g/mol. The molecule has 27 heavy (non-hydrogen) atoms. The lowest BCUT2D eigenvalue weighted by Gasteiger charge is -2.19. The summed E-state index contributed by atoms with van der Waals surface area (Å²) in [5.74, 6) is 0.586. The first kappa shape index (κ1) is 18.3. The first-order valence-electron chi connectivity index (χ1n) is 8.19. The molecule has 4 rings (SSSR count). The second-order valence-corrected chi connectivity index (χ2v) is 8.47. The molecule has 2 aromatic heterocycles. The predicted octanol–water partition coefficient (Wildman–Crippen LogP) is 6.22. The molecule has 2 aromatic carbocycles. The molecule has 4 aromatic rings. The first-order valence-corrected chi connectivity index (χ1v) is 11.0. The van der Waals surface area contributed by atoms with Gasteiger partial charge in [-0.15, -0.1) is 11.8 Å². The zero-order valence-electron chi connectivity index (χ0n) is 14.4. The van der Waals surface area contributed by atoms with Crippen molar-refractivity contribution in [3.05, 3.63) is 76.7 Å². The van der Waals surface area contributed by atoms with E-state index in [-0.39, 0.29) is 5.91 Å². The van der Waals surface area contributed by atoms with E-state index in [2.05, 4.69) is 15.9 Å². The van der Waals surface area contributed by atoms with Gasteiger partial charge in [0.15, 0.2) is 5.13 Å². The van der Waals surface area contributed by atoms with Gasteiger partial charge in [0, 0.05) is 9.37 Å². The van der Waals surface area contributed by atoms with Crippen LogP contribution in [-0.2, 0) is 6.54 Å². The first-order chi connectivity index (χ1) is 13.2. The molecule has 0 bridgehead atoms. The Hall–Kier alpha value is -2.09. The quantitative estimate of drug-likeness (QED) is 0.333. The number of nitrogens with zero attached hydrogens (tertiary/aromatic N) is 2. The molecule has 0 aliphatic rings. The van der Waals surface area contributed by atoms with Crippen LogP contribution < -0.4 is 4.90 Å². The van der Waals surface area contributed by atoms with E-state index in [1.807, 2.05) is 60.9 Å². The summed E-state index contributed by atoms with van der Waals surface area (Å²) in [5.41, 5.74) is 1.52. The maximum Gasteiger partial charge on any atom is 0.261 e. The Morgan fingerprint density at radius 1 is 1.19 bits per heavy atom. The molecule has 0 atom stereocenters. The Labute approximate surface area is 173 Å². The number of aromatic nitrogens is 1. The number of fused-ring (bicyclic) bond motifs is 1. The van der Waals surface area contributed by atoms with E-state index < -0.39 is 0 Å². The number of para-hydroxylation sites is 1. The minimum absolute atomic E-state index is 0.122. The summed E-state index contributed by atoms with van der Waals surface area (Å²) in [4.78, 5) is 20.9. The van der Waals surface area contributed by atoms with Crippen LogP contribution in [0.25, 0.3) is 10.2 Å². The van der Waals surface area contributed by atoms with Crippen LogP contribution in [0.15, 0.2) is 74.6 Å². The van der Waals surface area contributed by atoms with Gasteiger partial charge in [-0.3, -0.25) is 9.69 Å². The van der Waals surface area contributed by atoms with Crippen molar-refractivity contribution in [3.63, 3.8) is 0 Å². The van der Waals surface area contributed by atoms with E-state index in [0.29, 0.717) is 23.0 Å². The third-order valence-electron chi connectivity index (χ3n) is 4.06. The van der Waals surface area contributed by atoms with Crippen LogP contribution >= 0.6 is 39.0 Å². The van der Waals surface area contributed by atoms with Gasteiger partial charge in [-0.2, -0.15) is 0 Å². The molecule has 0 radical (unpaired) electrons. The number of carbonyl (C=O) groups is 1. The summed E-state index contributed by atoms with van der Waals surface area (Å²) in [6.45, 7) is 0.321. The third-order valence-corrected chi connectivity index (χ3v) is 6.57. The van der Waals surface area contributed by atoms with Gasteiger partial charge in [-0.1, -0.05) is 29.5 Å². The number of hydrogen-bond acceptors (Lipinski definition) is 5. The highest BCUT2D eigenvalue weighted by molar-refractivity contribution is 9.10. The van der Waals surface area contributed by atoms with Crippen molar-refractivity contribution in [3.8, 4) is 0 Å². The van der Waals surface area contributed by atoms with Crippen LogP contribution in [0.5, 0.6) is 0 Å². The van der Waals surface area contributed by atoms with Gasteiger partial charge in [0.25, 0.3) is 5.91 Å². The minimum atomic E-state index is -0.122. The van der Waals surface area contributed by atoms with E-state index in [0.717, 1.165) is 19.6 Å². The molecule has 136 valence electrons. The SMILES string of the molecule is CSc1cccc2sc(N(Cc3ccco3)C(=O)c3ccccc3Br)nc12. The van der Waals surface area contributed by atoms with Crippen molar-refractivity contribution in [1.82, 2.24) is 4.98 Å². The Morgan fingerprint density at radius 3 is 2.78 bits per heavy atom. The summed E-state index contributed by atoms with van der Waals surface area (Å²) in [6, 6.07) is 17.2. The monoisotopic (exact) mass is 458 g/mol. The van der Waals surface area contributed by atoms with E-state index >= 15 is 0 Å². The third kappa shape index (κ3) is 3.67. The van der Waals surface area contributed by atoms with Gasteiger partial charge in [0.1, 0.15) is 5.76 Å². The largest absolute Gasteiger partial charge is 0.467 e. The molecule has 2 heterocycles. The highest BCUT2D eigenvalue weighted by atomic mass is 79.9. The van der Waals surface area contributed by atoms with Gasteiger partial charge in [0.2, 0.25) is 0 Å². The number of amides is 1. The van der Waals surface area contributed by atoms with Crippen molar-refractivity contribution in [2.24, 2.45) is 0 Å². The Kier molecular flexibility index (Phi) is 5.33. The maximum atomic E-state index is 13.3. The van der Waals surface area contributed by atoms with Crippen LogP contribution in [-0.4, -0.2) is 17.1 Å². The number of rotatable bonds is 5. The van der Waals surface area contributed by atoms with Gasteiger partial charge >= 0.3 is 0 Å². The number of benzene rings is 2. The second kappa shape index (κ2) is 7.88. The number of anilines is 1. The van der Waals surface area contributed by atoms with Crippen LogP contribution in [0, 0.1) is 0 Å². The van der Waals surface area contributed by atoms with Crippen molar-refractivity contribution in [1.29, 1.82) is 0 Å². The molecule has 0 aliphatic carbocycles. The highest BCUT2D eigenvalue weighted by Gasteiger charge is 2.24. The normalized spacial score (nSPS) is 11.0. The van der Waals surface area contributed by atoms with Crippen molar-refractivity contribution < 1.29 is 9.21 Å². The Morgan fingerprint density at radius 2 is 2.04 bits per heavy atom. The molecule has 0 spiro atoms. The fourth-order valence-corrected chi connectivity index (χ4v) is 4.83. The fourth-order valence-electron chi connectivity index (χ4n) is 2.76. The summed E-state index contributed by atoms with van der Waals surface area (Å²) in [5, 5.41) is 0.656. The molecule has 7 heteroatoms. The fraction of sp³-hybridized carbons (Fsp3) is 0.100. The van der Waals surface area contributed by atoms with Crippen LogP contribution in [0.4, 0.5) is 5.13 Å². The molecule has 0 unspecified atom stereocenters. The lowest BCUT2D eigenvalue weighted by Crippen LogP contribution is -2.30. The molecule has 0 saturated heterocycles. The van der Waals surface area contributed by atoms with E-state index in [9.17, 15) is 4.79 Å². The highest BCUT2D eigenvalue weighted by Crippen LogP contribution is 2.35. The van der Waals surface area contributed by atoms with Gasteiger partial charge in [-0.05, 0) is 58.6 Å². The molecule has 0 N–H and O–H groups in total. The number of hydrogen-bond donors (Lipinski definition) is 0. The van der Waals surface area contributed by atoms with Crippen molar-refractivity contribution in [2.75, 3.05) is 11.2 Å². The number of thioether (sulfide) groups is 1. The molecule has 0 aliphatic heterocycles. The summed E-state index contributed by atoms with van der Waals surface area (Å²) in [7, 11) is 0. The number of thiazole rings is 1. The molecule has 0 fully saturated rings. The molecule has 4 nitrogen and oxygen atoms in total. The number of halogens is 1. The lowest BCUT2D eigenvalue weighted by atomic mass is 10.2. The van der Waals surface area contributed by atoms with Gasteiger partial charge in [0.05, 0.1) is 28.6 Å². The summed E-state index contributed by atoms with van der Waals surface area (Å²) in [6.07, 6.45) is 3.64. The maximum absolute atomic E-state index is 13.3. The second-order valence-electron chi connectivity index (χ2n) is 5.75. The lowest BCUT2D eigenvalue weighted by molar-refractivity contribution is 0.0982. The van der Waals surface area contributed by atoms with Crippen LogP contribution in [0.1, 0.15) is 16.1 Å². The molecular formula is C20H15BrN2O2S2. The Balaban J connectivity index is 1.81. The Bertz CT molecular complexity index is 1090. The van der Waals surface area contributed by atoms with E-state index in [1.54, 1.807) is 22.9 Å². The molecule has 0 saturated carbocycles. The molecule has 1 amide bonds. The average Bonchev–Trinajstić information content (AvgIpc) is 3.35. The predicted molar refractivity (Wildman–Crippen MR) is 115 cm³/mol. The average molecular weight is 459 g/mol. The van der Waals surface area contributed by atoms with E-state index in [4.69, 9.17) is 9.40 Å². The van der Waals surface area contributed by atoms with Crippen molar-refractivity contribution in [2.45, 2.75) is 11.4 Å². The van der Waals surface area contributed by atoms with Crippen LogP contribution in [0.2, 0.25) is 0 Å². The summed E-state index contributed by atoms with van der Waals surface area (Å²) < 4.78 is 7.30. The number of furan rings is 1. The van der Waals surface area contributed by atoms with Crippen molar-refractivity contribution >= 4 is 60.3 Å². The summed E-state index contributed by atoms with van der Waals surface area (Å²) >= 11 is 6.64. The van der Waals surface area contributed by atoms with Crippen LogP contribution in [0.3, 0.4) is 0 Å². The standard InChI is InChI=1S/C20H15BrN2O2S2/c1-26-16-9-4-10-17-18(16)22-20(27-17)23(12-13-6-5-11-25-13)19(24)14-7-2-3-8-15(14)21/h2-11H,12H2,1H3. The minimum Gasteiger partial charge on any atom is -0.467 e. The van der Waals surface area contributed by atoms with Gasteiger partial charge < -0.3 is 4.42 Å². The zero-order chi connectivity index (χ0) is 18.8. The zero-order valence-corrected chi connectivity index (χ0v) is 17.6.